The second kappa shape index (κ2) is 10.0. The van der Waals surface area contributed by atoms with E-state index in [-0.39, 0.29) is 24.3 Å². The number of carbonyl (C=O) groups is 3. The minimum Gasteiger partial charge on any atom is -0.462 e. The lowest BCUT2D eigenvalue weighted by Gasteiger charge is -2.27. The van der Waals surface area contributed by atoms with Gasteiger partial charge >= 0.3 is 5.97 Å². The average Bonchev–Trinajstić information content (AvgIpc) is 3.26. The summed E-state index contributed by atoms with van der Waals surface area (Å²) < 4.78 is 10.9. The van der Waals surface area contributed by atoms with Gasteiger partial charge in [0.1, 0.15) is 11.5 Å². The quantitative estimate of drug-likeness (QED) is 0.309. The highest BCUT2D eigenvalue weighted by Gasteiger charge is 2.34. The van der Waals surface area contributed by atoms with E-state index >= 15 is 0 Å². The fourth-order valence-corrected chi connectivity index (χ4v) is 3.32. The van der Waals surface area contributed by atoms with Gasteiger partial charge in [0.05, 0.1) is 30.9 Å². The molecule has 166 valence electrons. The minimum absolute atomic E-state index is 0.112. The molecule has 0 spiro atoms. The minimum atomic E-state index is -0.508. The first-order valence-electron chi connectivity index (χ1n) is 10.1. The number of imide groups is 1. The van der Waals surface area contributed by atoms with Crippen molar-refractivity contribution in [3.8, 4) is 11.3 Å². The molecule has 2 aromatic rings. The van der Waals surface area contributed by atoms with Crippen molar-refractivity contribution >= 4 is 30.1 Å². The third kappa shape index (κ3) is 4.60. The van der Waals surface area contributed by atoms with E-state index < -0.39 is 17.8 Å². The topological polar surface area (TPSA) is 109 Å². The number of nitrogens with zero attached hydrogens (tertiary/aromatic N) is 2. The van der Waals surface area contributed by atoms with Gasteiger partial charge in [-0.15, -0.1) is 0 Å². The van der Waals surface area contributed by atoms with Crippen LogP contribution in [0.1, 0.15) is 30.0 Å². The second-order valence-corrected chi connectivity index (χ2v) is 6.97. The molecule has 0 bridgehead atoms. The van der Waals surface area contributed by atoms with Crippen molar-refractivity contribution in [3.63, 3.8) is 0 Å². The Labute approximate surface area is 185 Å². The normalized spacial score (nSPS) is 15.9. The van der Waals surface area contributed by atoms with Crippen LogP contribution >= 0.6 is 0 Å². The molecule has 3 rings (SSSR count). The predicted molar refractivity (Wildman–Crippen MR) is 119 cm³/mol. The van der Waals surface area contributed by atoms with E-state index in [9.17, 15) is 19.5 Å². The Morgan fingerprint density at radius 1 is 1.16 bits per heavy atom. The zero-order valence-electron chi connectivity index (χ0n) is 18.1. The van der Waals surface area contributed by atoms with Gasteiger partial charge in [0, 0.05) is 24.4 Å². The number of ether oxygens (including phenoxy) is 1. The molecule has 1 aromatic heterocycles. The Morgan fingerprint density at radius 2 is 1.88 bits per heavy atom. The zero-order chi connectivity index (χ0) is 23.3. The molecule has 0 atom stereocenters. The van der Waals surface area contributed by atoms with Crippen LogP contribution in [0, 0.1) is 0 Å². The summed E-state index contributed by atoms with van der Waals surface area (Å²) in [7, 11) is 1.54. The molecule has 1 aliphatic heterocycles. The van der Waals surface area contributed by atoms with Crippen molar-refractivity contribution < 1.29 is 28.6 Å². The highest BCUT2D eigenvalue weighted by atomic mass is 16.5. The van der Waals surface area contributed by atoms with Crippen molar-refractivity contribution in [3.05, 3.63) is 64.4 Å². The summed E-state index contributed by atoms with van der Waals surface area (Å²) in [6, 6.07) is 10.3. The molecular weight excluding hydrogens is 412 g/mol. The van der Waals surface area contributed by atoms with Gasteiger partial charge in [-0.25, -0.2) is 4.79 Å². The smallest absolute Gasteiger partial charge is 0.338 e. The standard InChI is InChI=1S/C24H24N2O6/c1-4-31-24(30)17-7-5-16(6-8-17)21-10-9-18(32-21)13-19-15(2)20(14-25-3)23(29)26(11-12-27)22(19)28/h5-10,13-14,27H,4,11-12H2,1-3H3/b19-13-,25-14?. The zero-order valence-corrected chi connectivity index (χ0v) is 18.1. The summed E-state index contributed by atoms with van der Waals surface area (Å²) in [5.74, 6) is -0.424. The lowest BCUT2D eigenvalue weighted by Crippen LogP contribution is -2.44. The number of rotatable bonds is 7. The highest BCUT2D eigenvalue weighted by Crippen LogP contribution is 2.29. The Morgan fingerprint density at radius 3 is 2.50 bits per heavy atom. The fraction of sp³-hybridized carbons (Fsp3) is 0.250. The van der Waals surface area contributed by atoms with Crippen molar-refractivity contribution in [2.45, 2.75) is 13.8 Å². The maximum atomic E-state index is 12.9. The van der Waals surface area contributed by atoms with E-state index in [2.05, 4.69) is 4.99 Å². The van der Waals surface area contributed by atoms with E-state index in [1.165, 1.54) is 13.3 Å². The first-order valence-corrected chi connectivity index (χ1v) is 10.1. The van der Waals surface area contributed by atoms with Gasteiger partial charge in [-0.1, -0.05) is 12.1 Å². The first-order chi connectivity index (χ1) is 15.4. The van der Waals surface area contributed by atoms with E-state index in [1.807, 2.05) is 0 Å². The van der Waals surface area contributed by atoms with Crippen LogP contribution in [0.5, 0.6) is 0 Å². The number of furan rings is 1. The van der Waals surface area contributed by atoms with E-state index in [0.29, 0.717) is 29.3 Å². The molecule has 8 heteroatoms. The summed E-state index contributed by atoms with van der Waals surface area (Å²) in [5, 5.41) is 9.26. The van der Waals surface area contributed by atoms with Gasteiger partial charge in [0.15, 0.2) is 0 Å². The van der Waals surface area contributed by atoms with Crippen LogP contribution in [0.25, 0.3) is 17.4 Å². The van der Waals surface area contributed by atoms with Crippen molar-refractivity contribution in [2.24, 2.45) is 4.99 Å². The predicted octanol–water partition coefficient (Wildman–Crippen LogP) is 2.88. The van der Waals surface area contributed by atoms with Gasteiger partial charge in [-0.05, 0) is 49.8 Å². The van der Waals surface area contributed by atoms with Crippen LogP contribution in [-0.2, 0) is 14.3 Å². The van der Waals surface area contributed by atoms with E-state index in [1.54, 1.807) is 56.3 Å². The number of hydrogen-bond acceptors (Lipinski definition) is 7. The molecule has 8 nitrogen and oxygen atoms in total. The van der Waals surface area contributed by atoms with Crippen LogP contribution < -0.4 is 0 Å². The van der Waals surface area contributed by atoms with Gasteiger partial charge in [0.25, 0.3) is 11.8 Å². The third-order valence-corrected chi connectivity index (χ3v) is 4.93. The third-order valence-electron chi connectivity index (χ3n) is 4.93. The number of esters is 1. The number of aliphatic hydroxyl groups excluding tert-OH is 1. The molecule has 2 amide bonds. The molecule has 2 heterocycles. The summed E-state index contributed by atoms with van der Waals surface area (Å²) in [6.45, 7) is 3.27. The number of benzene rings is 1. The van der Waals surface area contributed by atoms with Crippen molar-refractivity contribution in [2.75, 3.05) is 26.8 Å². The monoisotopic (exact) mass is 436 g/mol. The molecule has 1 N–H and O–H groups in total. The molecule has 1 aliphatic rings. The Kier molecular flexibility index (Phi) is 7.17. The van der Waals surface area contributed by atoms with Crippen LogP contribution in [0.2, 0.25) is 0 Å². The highest BCUT2D eigenvalue weighted by molar-refractivity contribution is 6.25. The lowest BCUT2D eigenvalue weighted by molar-refractivity contribution is -0.140. The first kappa shape index (κ1) is 22.9. The SMILES string of the molecule is CCOC(=O)c1ccc(-c2ccc(/C=C3\C(=O)N(CCO)C(=O)C(C=NC)=C3C)o2)cc1. The van der Waals surface area contributed by atoms with Crippen LogP contribution in [-0.4, -0.2) is 60.8 Å². The molecule has 0 saturated carbocycles. The molecule has 32 heavy (non-hydrogen) atoms. The van der Waals surface area contributed by atoms with Crippen molar-refractivity contribution in [1.82, 2.24) is 4.90 Å². The number of β-amino-alcohol motifs (C(OH)–C–C–N with tert-alkyl or cyclic N) is 1. The largest absolute Gasteiger partial charge is 0.462 e. The Hall–Kier alpha value is -3.78. The van der Waals surface area contributed by atoms with Crippen molar-refractivity contribution in [1.29, 1.82) is 0 Å². The van der Waals surface area contributed by atoms with Gasteiger partial charge in [-0.3, -0.25) is 19.5 Å². The molecule has 0 saturated heterocycles. The number of aliphatic imine (C=N–C) groups is 1. The van der Waals surface area contributed by atoms with Crippen LogP contribution in [0.4, 0.5) is 0 Å². The summed E-state index contributed by atoms with van der Waals surface area (Å²) >= 11 is 0. The fourth-order valence-electron chi connectivity index (χ4n) is 3.32. The maximum Gasteiger partial charge on any atom is 0.338 e. The molecule has 0 aliphatic carbocycles. The summed E-state index contributed by atoms with van der Waals surface area (Å²) in [5.41, 5.74) is 2.24. The van der Waals surface area contributed by atoms with E-state index in [4.69, 9.17) is 9.15 Å². The average molecular weight is 436 g/mol. The number of carbonyl (C=O) groups excluding carboxylic acids is 3. The lowest BCUT2D eigenvalue weighted by atomic mass is 9.94. The number of hydrogen-bond donors (Lipinski definition) is 1. The van der Waals surface area contributed by atoms with Gasteiger partial charge in [-0.2, -0.15) is 0 Å². The van der Waals surface area contributed by atoms with E-state index in [0.717, 1.165) is 10.5 Å². The van der Waals surface area contributed by atoms with Gasteiger partial charge < -0.3 is 14.3 Å². The second-order valence-electron chi connectivity index (χ2n) is 6.97. The molecule has 1 aromatic carbocycles. The molecular formula is C24H24N2O6. The number of aliphatic hydroxyl groups is 1. The Bertz CT molecular complexity index is 1120. The van der Waals surface area contributed by atoms with Crippen LogP contribution in [0.3, 0.4) is 0 Å². The molecule has 0 unspecified atom stereocenters. The molecule has 0 radical (unpaired) electrons. The van der Waals surface area contributed by atoms with Crippen LogP contribution in [0.15, 0.2) is 62.5 Å². The maximum absolute atomic E-state index is 12.9. The summed E-state index contributed by atoms with van der Waals surface area (Å²) in [4.78, 5) is 42.2. The summed E-state index contributed by atoms with van der Waals surface area (Å²) in [6.07, 6.45) is 2.97. The van der Waals surface area contributed by atoms with Gasteiger partial charge in [0.2, 0.25) is 0 Å². The Balaban J connectivity index is 1.94. The number of amides is 2. The molecule has 0 fully saturated rings.